The third-order valence-corrected chi connectivity index (χ3v) is 4.94. The maximum atomic E-state index is 14.2. The number of nitrogens with zero attached hydrogens (tertiary/aromatic N) is 5. The van der Waals surface area contributed by atoms with Crippen LogP contribution in [0.2, 0.25) is 0 Å². The molecule has 3 heterocycles. The monoisotopic (exact) mass is 416 g/mol. The first-order chi connectivity index (χ1) is 15.0. The van der Waals surface area contributed by atoms with Gasteiger partial charge in [-0.15, -0.1) is 5.10 Å². The molecule has 0 saturated carbocycles. The maximum Gasteiger partial charge on any atom is 0.254 e. The summed E-state index contributed by atoms with van der Waals surface area (Å²) < 4.78 is 30.0. The number of hydrogen-bond donors (Lipinski definition) is 1. The fourth-order valence-electron chi connectivity index (χ4n) is 3.47. The van der Waals surface area contributed by atoms with Crippen LogP contribution in [0, 0.1) is 11.6 Å². The van der Waals surface area contributed by atoms with Gasteiger partial charge >= 0.3 is 0 Å². The Balaban J connectivity index is 1.54. The Bertz CT molecular complexity index is 1460. The highest BCUT2D eigenvalue weighted by atomic mass is 19.1. The van der Waals surface area contributed by atoms with Gasteiger partial charge in [0.1, 0.15) is 22.7 Å². The zero-order valence-corrected chi connectivity index (χ0v) is 16.0. The van der Waals surface area contributed by atoms with Crippen molar-refractivity contribution < 1.29 is 13.6 Å². The molecule has 0 aliphatic carbocycles. The van der Waals surface area contributed by atoms with E-state index in [1.165, 1.54) is 0 Å². The van der Waals surface area contributed by atoms with Gasteiger partial charge < -0.3 is 5.73 Å². The van der Waals surface area contributed by atoms with Gasteiger partial charge in [-0.2, -0.15) is 0 Å². The highest BCUT2D eigenvalue weighted by Gasteiger charge is 2.18. The number of halogens is 2. The maximum absolute atomic E-state index is 14.2. The molecule has 0 radical (unpaired) electrons. The number of carbonyl (C=O) groups is 1. The first-order valence-electron chi connectivity index (χ1n) is 9.33. The third-order valence-electron chi connectivity index (χ3n) is 4.94. The van der Waals surface area contributed by atoms with Gasteiger partial charge in [0.2, 0.25) is 0 Å². The number of fused-ring (bicyclic) bond motifs is 2. The molecule has 0 bridgehead atoms. The molecule has 5 aromatic rings. The van der Waals surface area contributed by atoms with Gasteiger partial charge in [-0.25, -0.2) is 18.4 Å². The summed E-state index contributed by atoms with van der Waals surface area (Å²) in [4.78, 5) is 20.0. The first-order valence-corrected chi connectivity index (χ1v) is 9.33. The Labute approximate surface area is 174 Å². The van der Waals surface area contributed by atoms with Gasteiger partial charge in [0, 0.05) is 17.1 Å². The van der Waals surface area contributed by atoms with E-state index in [0.717, 1.165) is 28.6 Å². The molecule has 0 atom stereocenters. The lowest BCUT2D eigenvalue weighted by atomic mass is 10.1. The zero-order valence-electron chi connectivity index (χ0n) is 16.0. The number of nitrogens with two attached hydrogens (primary N) is 1. The molecule has 5 rings (SSSR count). The fourth-order valence-corrected chi connectivity index (χ4v) is 3.47. The number of carbonyl (C=O) groups excluding carboxylic acids is 1. The van der Waals surface area contributed by atoms with Crippen LogP contribution < -0.4 is 5.73 Å². The second-order valence-electron chi connectivity index (χ2n) is 7.00. The van der Waals surface area contributed by atoms with Crippen molar-refractivity contribution in [1.29, 1.82) is 0 Å². The molecule has 0 saturated heterocycles. The lowest BCUT2D eigenvalue weighted by molar-refractivity contribution is 0.0992. The van der Waals surface area contributed by atoms with E-state index in [1.807, 2.05) is 30.3 Å². The molecular weight excluding hydrogens is 402 g/mol. The molecule has 9 heteroatoms. The summed E-state index contributed by atoms with van der Waals surface area (Å²) in [6, 6.07) is 15.0. The number of pyridine rings is 2. The molecular formula is C22H14F2N6O. The van der Waals surface area contributed by atoms with E-state index in [0.29, 0.717) is 23.4 Å². The van der Waals surface area contributed by atoms with E-state index in [1.54, 1.807) is 23.0 Å². The summed E-state index contributed by atoms with van der Waals surface area (Å²) in [5, 5.41) is 9.27. The second kappa shape index (κ2) is 7.21. The van der Waals surface area contributed by atoms with Crippen molar-refractivity contribution in [1.82, 2.24) is 25.0 Å². The van der Waals surface area contributed by atoms with Gasteiger partial charge in [0.05, 0.1) is 17.8 Å². The smallest absolute Gasteiger partial charge is 0.254 e. The number of benzene rings is 2. The molecule has 152 valence electrons. The second-order valence-corrected chi connectivity index (χ2v) is 7.00. The number of primary amides is 1. The summed E-state index contributed by atoms with van der Waals surface area (Å²) in [7, 11) is 0. The summed E-state index contributed by atoms with van der Waals surface area (Å²) in [5.74, 6) is -3.25. The molecule has 0 spiro atoms. The van der Waals surface area contributed by atoms with Crippen LogP contribution in [0.15, 0.2) is 60.8 Å². The van der Waals surface area contributed by atoms with Crippen LogP contribution in [0.5, 0.6) is 0 Å². The standard InChI is InChI=1S/C22H14F2N6O/c23-15-9-14(10-16(24)20(15)21(25)31)18-5-6-19-22(27-18)30(29-28-19)11-12-3-4-17-13(8-12)2-1-7-26-17/h1-10H,11H2,(H2,25,31). The van der Waals surface area contributed by atoms with Crippen LogP contribution in [0.1, 0.15) is 15.9 Å². The minimum Gasteiger partial charge on any atom is -0.365 e. The zero-order chi connectivity index (χ0) is 21.5. The average molecular weight is 416 g/mol. The van der Waals surface area contributed by atoms with Crippen LogP contribution in [0.25, 0.3) is 33.3 Å². The van der Waals surface area contributed by atoms with Gasteiger partial charge in [-0.3, -0.25) is 9.78 Å². The molecule has 0 aliphatic rings. The van der Waals surface area contributed by atoms with Gasteiger partial charge in [0.15, 0.2) is 5.65 Å². The van der Waals surface area contributed by atoms with Crippen molar-refractivity contribution in [2.24, 2.45) is 5.73 Å². The Morgan fingerprint density at radius 2 is 1.77 bits per heavy atom. The predicted octanol–water partition coefficient (Wildman–Crippen LogP) is 3.47. The highest BCUT2D eigenvalue weighted by molar-refractivity contribution is 5.94. The molecule has 0 unspecified atom stereocenters. The van der Waals surface area contributed by atoms with E-state index in [-0.39, 0.29) is 5.56 Å². The largest absolute Gasteiger partial charge is 0.365 e. The van der Waals surface area contributed by atoms with Crippen molar-refractivity contribution in [3.05, 3.63) is 83.6 Å². The summed E-state index contributed by atoms with van der Waals surface area (Å²) in [5.41, 5.74) is 7.61. The first kappa shape index (κ1) is 18.7. The van der Waals surface area contributed by atoms with Crippen LogP contribution in [0.3, 0.4) is 0 Å². The summed E-state index contributed by atoms with van der Waals surface area (Å²) >= 11 is 0. The highest BCUT2D eigenvalue weighted by Crippen LogP contribution is 2.25. The van der Waals surface area contributed by atoms with Crippen LogP contribution >= 0.6 is 0 Å². The van der Waals surface area contributed by atoms with Crippen LogP contribution in [0.4, 0.5) is 8.78 Å². The van der Waals surface area contributed by atoms with Crippen LogP contribution in [-0.2, 0) is 6.54 Å². The van der Waals surface area contributed by atoms with E-state index in [9.17, 15) is 13.6 Å². The van der Waals surface area contributed by atoms with E-state index in [4.69, 9.17) is 5.73 Å². The van der Waals surface area contributed by atoms with E-state index >= 15 is 0 Å². The average Bonchev–Trinajstić information content (AvgIpc) is 3.15. The third kappa shape index (κ3) is 3.35. The predicted molar refractivity (Wildman–Crippen MR) is 110 cm³/mol. The summed E-state index contributed by atoms with van der Waals surface area (Å²) in [6.07, 6.45) is 1.74. The molecule has 7 nitrogen and oxygen atoms in total. The van der Waals surface area contributed by atoms with Gasteiger partial charge in [0.25, 0.3) is 5.91 Å². The number of amides is 1. The molecule has 0 fully saturated rings. The molecule has 2 N–H and O–H groups in total. The van der Waals surface area contributed by atoms with Crippen molar-refractivity contribution in [2.45, 2.75) is 6.54 Å². The van der Waals surface area contributed by atoms with Crippen molar-refractivity contribution >= 4 is 28.0 Å². The number of hydrogen-bond acceptors (Lipinski definition) is 5. The normalized spacial score (nSPS) is 11.3. The topological polar surface area (TPSA) is 99.6 Å². The lowest BCUT2D eigenvalue weighted by Gasteiger charge is -2.07. The lowest BCUT2D eigenvalue weighted by Crippen LogP contribution is -2.15. The van der Waals surface area contributed by atoms with Crippen molar-refractivity contribution in [3.63, 3.8) is 0 Å². The number of rotatable bonds is 4. The molecule has 2 aromatic carbocycles. The molecule has 3 aromatic heterocycles. The Morgan fingerprint density at radius 1 is 1.00 bits per heavy atom. The van der Waals surface area contributed by atoms with Gasteiger partial charge in [-0.1, -0.05) is 17.3 Å². The van der Waals surface area contributed by atoms with E-state index < -0.39 is 23.1 Å². The minimum absolute atomic E-state index is 0.173. The molecule has 1 amide bonds. The Morgan fingerprint density at radius 3 is 2.55 bits per heavy atom. The fraction of sp³-hybridized carbons (Fsp3) is 0.0455. The van der Waals surface area contributed by atoms with E-state index in [2.05, 4.69) is 20.3 Å². The SMILES string of the molecule is NC(=O)c1c(F)cc(-c2ccc3nnn(Cc4ccc5ncccc5c4)c3n2)cc1F. The molecule has 31 heavy (non-hydrogen) atoms. The molecule has 0 aliphatic heterocycles. The quantitative estimate of drug-likeness (QED) is 0.484. The van der Waals surface area contributed by atoms with Crippen molar-refractivity contribution in [3.8, 4) is 11.3 Å². The van der Waals surface area contributed by atoms with Gasteiger partial charge in [-0.05, 0) is 48.0 Å². The minimum atomic E-state index is -1.17. The summed E-state index contributed by atoms with van der Waals surface area (Å²) in [6.45, 7) is 0.404. The Kier molecular flexibility index (Phi) is 4.36. The van der Waals surface area contributed by atoms with Crippen molar-refractivity contribution in [2.75, 3.05) is 0 Å². The Hall–Kier alpha value is -4.27. The van der Waals surface area contributed by atoms with Crippen LogP contribution in [-0.4, -0.2) is 30.9 Å². The number of aromatic nitrogens is 5.